The highest BCUT2D eigenvalue weighted by Gasteiger charge is 2.16. The van der Waals surface area contributed by atoms with Crippen LogP contribution in [-0.4, -0.2) is 28.1 Å². The van der Waals surface area contributed by atoms with Crippen LogP contribution in [0.3, 0.4) is 0 Å². The van der Waals surface area contributed by atoms with Gasteiger partial charge >= 0.3 is 0 Å². The Morgan fingerprint density at radius 3 is 2.74 bits per heavy atom. The molecule has 0 aliphatic carbocycles. The van der Waals surface area contributed by atoms with E-state index in [1.54, 1.807) is 13.8 Å². The highest BCUT2D eigenvalue weighted by molar-refractivity contribution is 5.90. The van der Waals surface area contributed by atoms with Crippen LogP contribution in [0, 0.1) is 6.92 Å². The number of aliphatic hydroxyl groups is 1. The van der Waals surface area contributed by atoms with E-state index in [0.29, 0.717) is 6.42 Å². The number of carbonyl (C=O) groups is 1. The third-order valence-electron chi connectivity index (χ3n) is 3.08. The Hall–Kier alpha value is -1.81. The fraction of sp³-hybridized carbons (Fsp3) is 0.400. The van der Waals surface area contributed by atoms with E-state index in [2.05, 4.69) is 10.3 Å². The number of aromatic nitrogens is 1. The first kappa shape index (κ1) is 13.6. The van der Waals surface area contributed by atoms with E-state index >= 15 is 0 Å². The third kappa shape index (κ3) is 3.35. The van der Waals surface area contributed by atoms with Gasteiger partial charge < -0.3 is 15.4 Å². The number of aryl methyl sites for hydroxylation is 1. The standard InChI is InChI=1S/C15H20N2O2/c1-10-12(8-14(18)16-9-15(2,3)19)11-6-4-5-7-13(11)17-10/h4-7,17,19H,8-9H2,1-3H3,(H,16,18). The summed E-state index contributed by atoms with van der Waals surface area (Å²) in [6.07, 6.45) is 0.325. The van der Waals surface area contributed by atoms with Crippen LogP contribution in [0.4, 0.5) is 0 Å². The Morgan fingerprint density at radius 1 is 1.37 bits per heavy atom. The van der Waals surface area contributed by atoms with Crippen molar-refractivity contribution in [3.63, 3.8) is 0 Å². The number of carbonyl (C=O) groups excluding carboxylic acids is 1. The molecule has 1 aromatic carbocycles. The van der Waals surface area contributed by atoms with Crippen molar-refractivity contribution in [1.29, 1.82) is 0 Å². The second kappa shape index (κ2) is 5.05. The molecule has 0 saturated heterocycles. The molecule has 4 heteroatoms. The van der Waals surface area contributed by atoms with Crippen LogP contribution in [0.15, 0.2) is 24.3 Å². The largest absolute Gasteiger partial charge is 0.389 e. The van der Waals surface area contributed by atoms with Gasteiger partial charge in [0.15, 0.2) is 0 Å². The summed E-state index contributed by atoms with van der Waals surface area (Å²) in [5, 5.41) is 13.4. The van der Waals surface area contributed by atoms with Crippen LogP contribution in [0.5, 0.6) is 0 Å². The van der Waals surface area contributed by atoms with Crippen LogP contribution < -0.4 is 5.32 Å². The average Bonchev–Trinajstić information content (AvgIpc) is 2.63. The first-order chi connectivity index (χ1) is 8.87. The zero-order chi connectivity index (χ0) is 14.0. The fourth-order valence-electron chi connectivity index (χ4n) is 2.10. The van der Waals surface area contributed by atoms with Gasteiger partial charge in [-0.3, -0.25) is 4.79 Å². The summed E-state index contributed by atoms with van der Waals surface area (Å²) >= 11 is 0. The summed E-state index contributed by atoms with van der Waals surface area (Å²) in [5.41, 5.74) is 2.19. The zero-order valence-corrected chi connectivity index (χ0v) is 11.6. The van der Waals surface area contributed by atoms with Gasteiger partial charge in [-0.05, 0) is 32.4 Å². The topological polar surface area (TPSA) is 65.1 Å². The van der Waals surface area contributed by atoms with E-state index in [9.17, 15) is 9.90 Å². The summed E-state index contributed by atoms with van der Waals surface area (Å²) in [7, 11) is 0. The van der Waals surface area contributed by atoms with Crippen LogP contribution in [-0.2, 0) is 11.2 Å². The molecule has 0 saturated carbocycles. The monoisotopic (exact) mass is 260 g/mol. The van der Waals surface area contributed by atoms with Crippen molar-refractivity contribution in [3.8, 4) is 0 Å². The lowest BCUT2D eigenvalue weighted by Crippen LogP contribution is -2.38. The molecular formula is C15H20N2O2. The number of aromatic amines is 1. The number of H-pyrrole nitrogens is 1. The number of hydrogen-bond donors (Lipinski definition) is 3. The second-order valence-corrected chi connectivity index (χ2v) is 5.54. The van der Waals surface area contributed by atoms with Gasteiger partial charge in [-0.2, -0.15) is 0 Å². The van der Waals surface area contributed by atoms with Crippen LogP contribution in [0.2, 0.25) is 0 Å². The smallest absolute Gasteiger partial charge is 0.224 e. The predicted molar refractivity (Wildman–Crippen MR) is 76.0 cm³/mol. The molecule has 1 amide bonds. The minimum atomic E-state index is -0.884. The molecule has 4 nitrogen and oxygen atoms in total. The highest BCUT2D eigenvalue weighted by Crippen LogP contribution is 2.22. The third-order valence-corrected chi connectivity index (χ3v) is 3.08. The van der Waals surface area contributed by atoms with Gasteiger partial charge in [0.2, 0.25) is 5.91 Å². The summed E-state index contributed by atoms with van der Waals surface area (Å²) in [6, 6.07) is 7.95. The quantitative estimate of drug-likeness (QED) is 0.786. The van der Waals surface area contributed by atoms with Gasteiger partial charge in [0.05, 0.1) is 12.0 Å². The van der Waals surface area contributed by atoms with Gasteiger partial charge in [-0.1, -0.05) is 18.2 Å². The normalized spacial score (nSPS) is 11.8. The lowest BCUT2D eigenvalue weighted by molar-refractivity contribution is -0.121. The first-order valence-electron chi connectivity index (χ1n) is 6.42. The minimum Gasteiger partial charge on any atom is -0.389 e. The molecule has 19 heavy (non-hydrogen) atoms. The van der Waals surface area contributed by atoms with Gasteiger partial charge in [0, 0.05) is 23.1 Å². The number of para-hydroxylation sites is 1. The van der Waals surface area contributed by atoms with Crippen molar-refractivity contribution in [2.75, 3.05) is 6.54 Å². The van der Waals surface area contributed by atoms with Crippen molar-refractivity contribution in [1.82, 2.24) is 10.3 Å². The average molecular weight is 260 g/mol. The molecule has 0 aliphatic rings. The molecule has 0 atom stereocenters. The van der Waals surface area contributed by atoms with Crippen molar-refractivity contribution in [2.45, 2.75) is 32.8 Å². The number of fused-ring (bicyclic) bond motifs is 1. The summed E-state index contributed by atoms with van der Waals surface area (Å²) < 4.78 is 0. The molecule has 102 valence electrons. The zero-order valence-electron chi connectivity index (χ0n) is 11.6. The van der Waals surface area contributed by atoms with Gasteiger partial charge in [0.25, 0.3) is 0 Å². The Labute approximate surface area is 112 Å². The highest BCUT2D eigenvalue weighted by atomic mass is 16.3. The molecule has 0 unspecified atom stereocenters. The number of amides is 1. The Bertz CT molecular complexity index is 594. The van der Waals surface area contributed by atoms with Crippen molar-refractivity contribution in [3.05, 3.63) is 35.5 Å². The van der Waals surface area contributed by atoms with Crippen LogP contribution in [0.1, 0.15) is 25.1 Å². The maximum atomic E-state index is 11.9. The van der Waals surface area contributed by atoms with E-state index < -0.39 is 5.60 Å². The van der Waals surface area contributed by atoms with E-state index in [0.717, 1.165) is 22.2 Å². The lowest BCUT2D eigenvalue weighted by atomic mass is 10.1. The summed E-state index contributed by atoms with van der Waals surface area (Å²) in [5.74, 6) is -0.0741. The molecule has 1 aromatic heterocycles. The summed E-state index contributed by atoms with van der Waals surface area (Å²) in [6.45, 7) is 5.57. The molecule has 0 fully saturated rings. The maximum absolute atomic E-state index is 11.9. The fourth-order valence-corrected chi connectivity index (χ4v) is 2.10. The van der Waals surface area contributed by atoms with Crippen molar-refractivity contribution in [2.24, 2.45) is 0 Å². The molecule has 2 rings (SSSR count). The number of rotatable bonds is 4. The first-order valence-corrected chi connectivity index (χ1v) is 6.42. The predicted octanol–water partition coefficient (Wildman–Crippen LogP) is 1.91. The van der Waals surface area contributed by atoms with E-state index in [1.807, 2.05) is 31.2 Å². The van der Waals surface area contributed by atoms with Gasteiger partial charge in [-0.15, -0.1) is 0 Å². The Balaban J connectivity index is 2.13. The van der Waals surface area contributed by atoms with Crippen LogP contribution in [0.25, 0.3) is 10.9 Å². The van der Waals surface area contributed by atoms with E-state index in [1.165, 1.54) is 0 Å². The Morgan fingerprint density at radius 2 is 2.05 bits per heavy atom. The Kier molecular flexibility index (Phi) is 3.62. The molecular weight excluding hydrogens is 240 g/mol. The molecule has 1 heterocycles. The van der Waals surface area contributed by atoms with Gasteiger partial charge in [0.1, 0.15) is 0 Å². The number of benzene rings is 1. The van der Waals surface area contributed by atoms with Crippen molar-refractivity contribution < 1.29 is 9.90 Å². The SMILES string of the molecule is Cc1[nH]c2ccccc2c1CC(=O)NCC(C)(C)O. The maximum Gasteiger partial charge on any atom is 0.224 e. The van der Waals surface area contributed by atoms with Crippen LogP contribution >= 0.6 is 0 Å². The van der Waals surface area contributed by atoms with E-state index in [-0.39, 0.29) is 12.5 Å². The minimum absolute atomic E-state index is 0.0741. The molecule has 0 aliphatic heterocycles. The van der Waals surface area contributed by atoms with Gasteiger partial charge in [-0.25, -0.2) is 0 Å². The number of nitrogens with one attached hydrogen (secondary N) is 2. The number of hydrogen-bond acceptors (Lipinski definition) is 2. The second-order valence-electron chi connectivity index (χ2n) is 5.54. The lowest BCUT2D eigenvalue weighted by Gasteiger charge is -2.17. The summed E-state index contributed by atoms with van der Waals surface area (Å²) in [4.78, 5) is 15.2. The molecule has 0 bridgehead atoms. The molecule has 0 spiro atoms. The van der Waals surface area contributed by atoms with E-state index in [4.69, 9.17) is 0 Å². The molecule has 0 radical (unpaired) electrons. The van der Waals surface area contributed by atoms with Crippen molar-refractivity contribution >= 4 is 16.8 Å². The molecule has 2 aromatic rings. The molecule has 3 N–H and O–H groups in total.